The highest BCUT2D eigenvalue weighted by Gasteiger charge is 2.05. The van der Waals surface area contributed by atoms with Crippen LogP contribution in [0.25, 0.3) is 0 Å². The van der Waals surface area contributed by atoms with Gasteiger partial charge in [-0.3, -0.25) is 8.57 Å². The van der Waals surface area contributed by atoms with Crippen LogP contribution in [0.5, 0.6) is 0 Å². The molecule has 0 radical (unpaired) electrons. The third-order valence-electron chi connectivity index (χ3n) is 0.894. The second kappa shape index (κ2) is 4.62. The van der Waals surface area contributed by atoms with Gasteiger partial charge < -0.3 is 0 Å². The minimum Gasteiger partial charge on any atom is -0.270 e. The Balaban J connectivity index is 3.49. The van der Waals surface area contributed by atoms with Gasteiger partial charge in [0.05, 0.1) is 19.0 Å². The van der Waals surface area contributed by atoms with Gasteiger partial charge in [0.25, 0.3) is 10.1 Å². The third kappa shape index (κ3) is 4.69. The average Bonchev–Trinajstić information content (AvgIpc) is 1.89. The normalized spacial score (nSPS) is 11.8. The molecule has 0 amide bonds. The van der Waals surface area contributed by atoms with E-state index in [1.807, 2.05) is 0 Å². The molecule has 0 saturated carbocycles. The highest BCUT2D eigenvalue weighted by Crippen LogP contribution is 1.93. The van der Waals surface area contributed by atoms with Crippen LogP contribution in [0.3, 0.4) is 0 Å². The summed E-state index contributed by atoms with van der Waals surface area (Å²) in [5, 5.41) is 0. The van der Waals surface area contributed by atoms with Crippen LogP contribution >= 0.6 is 0 Å². The van der Waals surface area contributed by atoms with Crippen molar-refractivity contribution in [3.8, 4) is 0 Å². The van der Waals surface area contributed by atoms with Gasteiger partial charge in [0.2, 0.25) is 0 Å². The second-order valence-corrected chi connectivity index (χ2v) is 3.64. The standard InChI is InChI=1S/C5H11FO3S/c1-2-10(7,8)9-5-3-4-6/h2-5H2,1H3. The fourth-order valence-corrected chi connectivity index (χ4v) is 0.862. The van der Waals surface area contributed by atoms with Gasteiger partial charge >= 0.3 is 0 Å². The lowest BCUT2D eigenvalue weighted by molar-refractivity contribution is 0.293. The van der Waals surface area contributed by atoms with E-state index in [1.165, 1.54) is 6.92 Å². The molecule has 0 heterocycles. The van der Waals surface area contributed by atoms with Crippen LogP contribution in [-0.2, 0) is 14.3 Å². The van der Waals surface area contributed by atoms with Gasteiger partial charge in [0.15, 0.2) is 0 Å². The van der Waals surface area contributed by atoms with E-state index >= 15 is 0 Å². The Morgan fingerprint density at radius 1 is 1.50 bits per heavy atom. The highest BCUT2D eigenvalue weighted by molar-refractivity contribution is 7.86. The molecular weight excluding hydrogens is 159 g/mol. The van der Waals surface area contributed by atoms with Crippen LogP contribution in [0.4, 0.5) is 4.39 Å². The largest absolute Gasteiger partial charge is 0.270 e. The van der Waals surface area contributed by atoms with E-state index in [-0.39, 0.29) is 18.8 Å². The van der Waals surface area contributed by atoms with E-state index in [0.717, 1.165) is 0 Å². The lowest BCUT2D eigenvalue weighted by Gasteiger charge is -1.99. The fourth-order valence-electron chi connectivity index (χ4n) is 0.324. The Morgan fingerprint density at radius 3 is 2.50 bits per heavy atom. The maximum atomic E-state index is 11.4. The van der Waals surface area contributed by atoms with Crippen molar-refractivity contribution in [3.05, 3.63) is 0 Å². The van der Waals surface area contributed by atoms with Gasteiger partial charge in [-0.2, -0.15) is 8.42 Å². The number of halogens is 1. The molecule has 0 atom stereocenters. The zero-order valence-corrected chi connectivity index (χ0v) is 6.66. The molecule has 3 nitrogen and oxygen atoms in total. The molecule has 0 aliphatic heterocycles. The monoisotopic (exact) mass is 170 g/mol. The van der Waals surface area contributed by atoms with Gasteiger partial charge in [-0.05, 0) is 6.92 Å². The first-order valence-corrected chi connectivity index (χ1v) is 4.63. The van der Waals surface area contributed by atoms with Crippen molar-refractivity contribution < 1.29 is 17.0 Å². The first-order valence-electron chi connectivity index (χ1n) is 3.05. The SMILES string of the molecule is CCS(=O)(=O)OCCCF. The summed E-state index contributed by atoms with van der Waals surface area (Å²) in [4.78, 5) is 0. The third-order valence-corrected chi connectivity index (χ3v) is 2.13. The van der Waals surface area contributed by atoms with Crippen molar-refractivity contribution in [3.63, 3.8) is 0 Å². The van der Waals surface area contributed by atoms with Crippen LogP contribution in [0, 0.1) is 0 Å². The summed E-state index contributed by atoms with van der Waals surface area (Å²) in [5.74, 6) is -0.0563. The van der Waals surface area contributed by atoms with E-state index in [0.29, 0.717) is 0 Å². The molecule has 0 aromatic carbocycles. The molecule has 0 bridgehead atoms. The molecule has 0 fully saturated rings. The molecule has 62 valence electrons. The van der Waals surface area contributed by atoms with Crippen LogP contribution in [-0.4, -0.2) is 27.5 Å². The molecule has 0 saturated heterocycles. The van der Waals surface area contributed by atoms with Crippen LogP contribution in [0.1, 0.15) is 13.3 Å². The summed E-state index contributed by atoms with van der Waals surface area (Å²) in [6.45, 7) is 0.886. The van der Waals surface area contributed by atoms with Gasteiger partial charge in [0, 0.05) is 6.42 Å². The number of hydrogen-bond acceptors (Lipinski definition) is 3. The zero-order valence-electron chi connectivity index (χ0n) is 5.84. The lowest BCUT2D eigenvalue weighted by atomic mass is 10.5. The molecule has 0 aliphatic rings. The zero-order chi connectivity index (χ0) is 8.04. The number of alkyl halides is 1. The summed E-state index contributed by atoms with van der Waals surface area (Å²) in [6, 6.07) is 0. The molecule has 0 aliphatic carbocycles. The first-order chi connectivity index (χ1) is 4.62. The van der Waals surface area contributed by atoms with E-state index in [9.17, 15) is 12.8 Å². The Kier molecular flexibility index (Phi) is 4.55. The smallest absolute Gasteiger partial charge is 0.267 e. The topological polar surface area (TPSA) is 43.4 Å². The lowest BCUT2D eigenvalue weighted by Crippen LogP contribution is -2.09. The maximum absolute atomic E-state index is 11.4. The van der Waals surface area contributed by atoms with Crippen molar-refractivity contribution in [2.75, 3.05) is 19.0 Å². The van der Waals surface area contributed by atoms with E-state index < -0.39 is 16.8 Å². The Morgan fingerprint density at radius 2 is 2.10 bits per heavy atom. The number of hydrogen-bond donors (Lipinski definition) is 0. The molecule has 10 heavy (non-hydrogen) atoms. The molecular formula is C5H11FO3S. The van der Waals surface area contributed by atoms with Gasteiger partial charge in [0.1, 0.15) is 0 Å². The Labute approximate surface area is 60.3 Å². The van der Waals surface area contributed by atoms with Gasteiger partial charge in [-0.1, -0.05) is 0 Å². The van der Waals surface area contributed by atoms with Crippen LogP contribution in [0.15, 0.2) is 0 Å². The molecule has 0 N–H and O–H groups in total. The van der Waals surface area contributed by atoms with Crippen molar-refractivity contribution in [1.29, 1.82) is 0 Å². The molecule has 0 aromatic heterocycles. The quantitative estimate of drug-likeness (QED) is 0.451. The minimum atomic E-state index is -3.36. The van der Waals surface area contributed by atoms with E-state index in [1.54, 1.807) is 0 Å². The van der Waals surface area contributed by atoms with Gasteiger partial charge in [-0.25, -0.2) is 0 Å². The Hall–Kier alpha value is -0.160. The van der Waals surface area contributed by atoms with Crippen LogP contribution < -0.4 is 0 Å². The second-order valence-electron chi connectivity index (χ2n) is 1.71. The maximum Gasteiger partial charge on any atom is 0.267 e. The summed E-state index contributed by atoms with van der Waals surface area (Å²) in [6.07, 6.45) is 0.138. The van der Waals surface area contributed by atoms with Crippen molar-refractivity contribution in [2.24, 2.45) is 0 Å². The first kappa shape index (κ1) is 9.84. The summed E-state index contributed by atoms with van der Waals surface area (Å²) >= 11 is 0. The van der Waals surface area contributed by atoms with E-state index in [2.05, 4.69) is 4.18 Å². The highest BCUT2D eigenvalue weighted by atomic mass is 32.2. The molecule has 0 unspecified atom stereocenters. The fraction of sp³-hybridized carbons (Fsp3) is 1.00. The number of rotatable bonds is 5. The average molecular weight is 170 g/mol. The van der Waals surface area contributed by atoms with Crippen LogP contribution in [0.2, 0.25) is 0 Å². The summed E-state index contributed by atoms with van der Waals surface area (Å²) < 4.78 is 36.8. The molecule has 0 rings (SSSR count). The minimum absolute atomic E-state index is 0.0489. The predicted molar refractivity (Wildman–Crippen MR) is 36.0 cm³/mol. The van der Waals surface area contributed by atoms with E-state index in [4.69, 9.17) is 0 Å². The summed E-state index contributed by atoms with van der Waals surface area (Å²) in [7, 11) is -3.36. The molecule has 0 aromatic rings. The summed E-state index contributed by atoms with van der Waals surface area (Å²) in [5.41, 5.74) is 0. The van der Waals surface area contributed by atoms with Gasteiger partial charge in [-0.15, -0.1) is 0 Å². The van der Waals surface area contributed by atoms with Crippen molar-refractivity contribution in [1.82, 2.24) is 0 Å². The molecule has 0 spiro atoms. The van der Waals surface area contributed by atoms with Crippen molar-refractivity contribution >= 4 is 10.1 Å². The predicted octanol–water partition coefficient (Wildman–Crippen LogP) is 0.712. The Bertz CT molecular complexity index is 164. The molecule has 5 heteroatoms. The van der Waals surface area contributed by atoms with Crippen molar-refractivity contribution in [2.45, 2.75) is 13.3 Å².